The molecule has 0 saturated carbocycles. The summed E-state index contributed by atoms with van der Waals surface area (Å²) in [6.45, 7) is 5.30. The number of rotatable bonds is 6. The molecule has 0 heterocycles. The molecule has 2 heteroatoms. The Bertz CT molecular complexity index is 331. The van der Waals surface area contributed by atoms with Gasteiger partial charge in [-0.25, -0.2) is 0 Å². The quantitative estimate of drug-likeness (QED) is 0.566. The van der Waals surface area contributed by atoms with Gasteiger partial charge >= 0.3 is 0 Å². The molecule has 2 nitrogen and oxygen atoms in total. The van der Waals surface area contributed by atoms with Crippen LogP contribution >= 0.6 is 0 Å². The number of methoxy groups -OCH3 is 1. The summed E-state index contributed by atoms with van der Waals surface area (Å²) >= 11 is 0. The SMILES string of the molecule is C=CCNC/C=C/c1ccccc1OC. The minimum absolute atomic E-state index is 0.830. The second-order valence-corrected chi connectivity index (χ2v) is 3.09. The molecule has 0 aliphatic rings. The van der Waals surface area contributed by atoms with E-state index >= 15 is 0 Å². The molecule has 1 rings (SSSR count). The maximum Gasteiger partial charge on any atom is 0.126 e. The first-order valence-corrected chi connectivity index (χ1v) is 4.99. The molecule has 0 spiro atoms. The zero-order valence-corrected chi connectivity index (χ0v) is 9.07. The molecular formula is C13H17NO. The smallest absolute Gasteiger partial charge is 0.126 e. The Morgan fingerprint density at radius 3 is 2.87 bits per heavy atom. The van der Waals surface area contributed by atoms with Crippen molar-refractivity contribution in [2.24, 2.45) is 0 Å². The Kier molecular flexibility index (Phi) is 5.26. The normalized spacial score (nSPS) is 10.5. The minimum atomic E-state index is 0.830. The molecule has 0 unspecified atom stereocenters. The molecule has 0 bridgehead atoms. The Balaban J connectivity index is 2.51. The molecule has 0 saturated heterocycles. The molecule has 0 atom stereocenters. The molecular weight excluding hydrogens is 186 g/mol. The van der Waals surface area contributed by atoms with Crippen LogP contribution in [0.3, 0.4) is 0 Å². The standard InChI is InChI=1S/C13H17NO/c1-3-10-14-11-6-8-12-7-4-5-9-13(12)15-2/h3-9,14H,1,10-11H2,2H3/b8-6+. The van der Waals surface area contributed by atoms with Gasteiger partial charge in [0.25, 0.3) is 0 Å². The van der Waals surface area contributed by atoms with E-state index in [2.05, 4.69) is 24.0 Å². The van der Waals surface area contributed by atoms with E-state index in [4.69, 9.17) is 4.74 Å². The van der Waals surface area contributed by atoms with Gasteiger partial charge in [0.1, 0.15) is 5.75 Å². The van der Waals surface area contributed by atoms with E-state index in [1.165, 1.54) is 0 Å². The highest BCUT2D eigenvalue weighted by atomic mass is 16.5. The zero-order valence-electron chi connectivity index (χ0n) is 9.07. The number of para-hydroxylation sites is 1. The number of nitrogens with one attached hydrogen (secondary N) is 1. The summed E-state index contributed by atoms with van der Waals surface area (Å²) in [6.07, 6.45) is 5.97. The highest BCUT2D eigenvalue weighted by molar-refractivity contribution is 5.57. The Morgan fingerprint density at radius 1 is 1.33 bits per heavy atom. The first-order chi connectivity index (χ1) is 7.38. The van der Waals surface area contributed by atoms with Gasteiger partial charge in [0, 0.05) is 18.7 Å². The highest BCUT2D eigenvalue weighted by Gasteiger charge is 1.95. The van der Waals surface area contributed by atoms with Crippen LogP contribution in [-0.4, -0.2) is 20.2 Å². The summed E-state index contributed by atoms with van der Waals surface area (Å²) in [4.78, 5) is 0. The van der Waals surface area contributed by atoms with Crippen molar-refractivity contribution in [3.05, 3.63) is 48.6 Å². The second kappa shape index (κ2) is 6.85. The molecule has 0 radical (unpaired) electrons. The minimum Gasteiger partial charge on any atom is -0.496 e. The topological polar surface area (TPSA) is 21.3 Å². The molecule has 0 fully saturated rings. The first-order valence-electron chi connectivity index (χ1n) is 4.99. The van der Waals surface area contributed by atoms with E-state index in [1.54, 1.807) is 7.11 Å². The predicted molar refractivity (Wildman–Crippen MR) is 65.1 cm³/mol. The van der Waals surface area contributed by atoms with Gasteiger partial charge in [-0.3, -0.25) is 0 Å². The van der Waals surface area contributed by atoms with Gasteiger partial charge in [-0.05, 0) is 6.07 Å². The monoisotopic (exact) mass is 203 g/mol. The van der Waals surface area contributed by atoms with E-state index in [0.29, 0.717) is 0 Å². The average molecular weight is 203 g/mol. The Labute approximate surface area is 91.3 Å². The molecule has 1 aromatic rings. The second-order valence-electron chi connectivity index (χ2n) is 3.09. The van der Waals surface area contributed by atoms with Crippen LogP contribution in [0.2, 0.25) is 0 Å². The van der Waals surface area contributed by atoms with Gasteiger partial charge in [0.15, 0.2) is 0 Å². The molecule has 80 valence electrons. The summed E-state index contributed by atoms with van der Waals surface area (Å²) in [7, 11) is 1.68. The lowest BCUT2D eigenvalue weighted by molar-refractivity contribution is 0.414. The maximum atomic E-state index is 5.24. The third kappa shape index (κ3) is 4.00. The fourth-order valence-electron chi connectivity index (χ4n) is 1.26. The molecule has 15 heavy (non-hydrogen) atoms. The van der Waals surface area contributed by atoms with Crippen molar-refractivity contribution in [3.63, 3.8) is 0 Å². The van der Waals surface area contributed by atoms with Crippen LogP contribution in [0.1, 0.15) is 5.56 Å². The predicted octanol–water partition coefficient (Wildman–Crippen LogP) is 2.48. The van der Waals surface area contributed by atoms with Crippen molar-refractivity contribution in [2.75, 3.05) is 20.2 Å². The van der Waals surface area contributed by atoms with Crippen molar-refractivity contribution in [1.29, 1.82) is 0 Å². The van der Waals surface area contributed by atoms with Crippen LogP contribution in [0.15, 0.2) is 43.0 Å². The average Bonchev–Trinajstić information content (AvgIpc) is 2.29. The van der Waals surface area contributed by atoms with Gasteiger partial charge in [0.2, 0.25) is 0 Å². The van der Waals surface area contributed by atoms with Crippen LogP contribution < -0.4 is 10.1 Å². The summed E-state index contributed by atoms with van der Waals surface area (Å²) in [5.74, 6) is 0.900. The van der Waals surface area contributed by atoms with Crippen LogP contribution in [0.5, 0.6) is 5.75 Å². The maximum absolute atomic E-state index is 5.24. The van der Waals surface area contributed by atoms with Gasteiger partial charge in [-0.1, -0.05) is 36.4 Å². The molecule has 1 N–H and O–H groups in total. The van der Waals surface area contributed by atoms with E-state index in [0.717, 1.165) is 24.4 Å². The molecule has 1 aromatic carbocycles. The van der Waals surface area contributed by atoms with Crippen molar-refractivity contribution >= 4 is 6.08 Å². The van der Waals surface area contributed by atoms with Crippen LogP contribution in [0.25, 0.3) is 6.08 Å². The fraction of sp³-hybridized carbons (Fsp3) is 0.231. The van der Waals surface area contributed by atoms with E-state index in [1.807, 2.05) is 30.3 Å². The number of hydrogen-bond donors (Lipinski definition) is 1. The van der Waals surface area contributed by atoms with E-state index < -0.39 is 0 Å². The van der Waals surface area contributed by atoms with E-state index in [9.17, 15) is 0 Å². The Morgan fingerprint density at radius 2 is 2.13 bits per heavy atom. The van der Waals surface area contributed by atoms with Gasteiger partial charge in [0.05, 0.1) is 7.11 Å². The van der Waals surface area contributed by atoms with Crippen LogP contribution in [-0.2, 0) is 0 Å². The fourth-order valence-corrected chi connectivity index (χ4v) is 1.26. The van der Waals surface area contributed by atoms with Gasteiger partial charge in [-0.15, -0.1) is 6.58 Å². The third-order valence-corrected chi connectivity index (χ3v) is 1.99. The Hall–Kier alpha value is -1.54. The molecule has 0 aliphatic heterocycles. The van der Waals surface area contributed by atoms with Crippen LogP contribution in [0, 0.1) is 0 Å². The number of ether oxygens (including phenoxy) is 1. The van der Waals surface area contributed by atoms with Gasteiger partial charge < -0.3 is 10.1 Å². The van der Waals surface area contributed by atoms with Crippen molar-refractivity contribution in [1.82, 2.24) is 5.32 Å². The van der Waals surface area contributed by atoms with Crippen molar-refractivity contribution < 1.29 is 4.74 Å². The lowest BCUT2D eigenvalue weighted by Crippen LogP contribution is -2.12. The summed E-state index contributed by atoms with van der Waals surface area (Å²) in [5, 5.41) is 3.20. The number of benzene rings is 1. The number of hydrogen-bond acceptors (Lipinski definition) is 2. The van der Waals surface area contributed by atoms with E-state index in [-0.39, 0.29) is 0 Å². The summed E-state index contributed by atoms with van der Waals surface area (Å²) in [6, 6.07) is 7.95. The lowest BCUT2D eigenvalue weighted by Gasteiger charge is -2.03. The summed E-state index contributed by atoms with van der Waals surface area (Å²) < 4.78 is 5.24. The molecule has 0 aromatic heterocycles. The first kappa shape index (κ1) is 11.5. The highest BCUT2D eigenvalue weighted by Crippen LogP contribution is 2.18. The summed E-state index contributed by atoms with van der Waals surface area (Å²) in [5.41, 5.74) is 1.10. The van der Waals surface area contributed by atoms with Crippen LogP contribution in [0.4, 0.5) is 0 Å². The van der Waals surface area contributed by atoms with Gasteiger partial charge in [-0.2, -0.15) is 0 Å². The van der Waals surface area contributed by atoms with Crippen molar-refractivity contribution in [2.45, 2.75) is 0 Å². The zero-order chi connectivity index (χ0) is 10.9. The lowest BCUT2D eigenvalue weighted by atomic mass is 10.2. The largest absolute Gasteiger partial charge is 0.496 e. The molecule has 0 aliphatic carbocycles. The van der Waals surface area contributed by atoms with Crippen molar-refractivity contribution in [3.8, 4) is 5.75 Å². The molecule has 0 amide bonds. The third-order valence-electron chi connectivity index (χ3n) is 1.99.